The van der Waals surface area contributed by atoms with Crippen molar-refractivity contribution in [3.8, 4) is 0 Å². The fourth-order valence-electron chi connectivity index (χ4n) is 3.41. The third-order valence-electron chi connectivity index (χ3n) is 5.10. The minimum Gasteiger partial charge on any atom is -0.258 e. The number of nitrogens with zero attached hydrogens (tertiary/aromatic N) is 1. The standard InChI is InChI=1S/C20H25NO2Si/c1-4-24(5-2,6-3)20(16-17-12-8-7-9-13-17)18-14-10-11-15-19(18)21(22)23/h7-16H,4-6H2,1-3H3/b20-16-. The Morgan fingerprint density at radius 3 is 2.04 bits per heavy atom. The molecule has 0 amide bonds. The topological polar surface area (TPSA) is 43.1 Å². The van der Waals surface area contributed by atoms with Crippen LogP contribution >= 0.6 is 0 Å². The molecule has 0 spiro atoms. The Labute approximate surface area is 145 Å². The van der Waals surface area contributed by atoms with Gasteiger partial charge in [0.1, 0.15) is 0 Å². The van der Waals surface area contributed by atoms with Gasteiger partial charge in [-0.3, -0.25) is 10.1 Å². The summed E-state index contributed by atoms with van der Waals surface area (Å²) in [5, 5.41) is 12.8. The van der Waals surface area contributed by atoms with E-state index in [0.29, 0.717) is 0 Å². The van der Waals surface area contributed by atoms with Crippen molar-refractivity contribution >= 4 is 25.0 Å². The van der Waals surface area contributed by atoms with Crippen molar-refractivity contribution in [1.82, 2.24) is 0 Å². The molecular weight excluding hydrogens is 314 g/mol. The number of benzene rings is 2. The highest BCUT2D eigenvalue weighted by atomic mass is 28.3. The van der Waals surface area contributed by atoms with E-state index in [2.05, 4.69) is 39.0 Å². The van der Waals surface area contributed by atoms with Crippen LogP contribution in [-0.2, 0) is 0 Å². The molecule has 0 unspecified atom stereocenters. The predicted octanol–water partition coefficient (Wildman–Crippen LogP) is 6.18. The first-order chi connectivity index (χ1) is 11.6. The highest BCUT2D eigenvalue weighted by molar-refractivity contribution is 6.97. The van der Waals surface area contributed by atoms with Gasteiger partial charge in [-0.2, -0.15) is 0 Å². The molecule has 4 heteroatoms. The summed E-state index contributed by atoms with van der Waals surface area (Å²) in [6.07, 6.45) is 2.19. The number of hydrogen-bond acceptors (Lipinski definition) is 2. The Hall–Kier alpha value is -2.20. The van der Waals surface area contributed by atoms with Gasteiger partial charge in [-0.25, -0.2) is 0 Å². The van der Waals surface area contributed by atoms with Crippen molar-refractivity contribution in [1.29, 1.82) is 0 Å². The van der Waals surface area contributed by atoms with Crippen LogP contribution in [0.15, 0.2) is 54.6 Å². The van der Waals surface area contributed by atoms with Crippen LogP contribution in [0.4, 0.5) is 5.69 Å². The van der Waals surface area contributed by atoms with E-state index < -0.39 is 8.07 Å². The molecule has 0 bridgehead atoms. The molecule has 0 aliphatic carbocycles. The molecule has 0 N–H and O–H groups in total. The summed E-state index contributed by atoms with van der Waals surface area (Å²) in [4.78, 5) is 11.3. The maximum absolute atomic E-state index is 11.6. The van der Waals surface area contributed by atoms with Gasteiger partial charge in [0.05, 0.1) is 18.6 Å². The van der Waals surface area contributed by atoms with E-state index in [1.165, 1.54) is 5.20 Å². The third kappa shape index (κ3) is 3.65. The first-order valence-electron chi connectivity index (χ1n) is 8.59. The van der Waals surface area contributed by atoms with E-state index in [1.807, 2.05) is 30.3 Å². The van der Waals surface area contributed by atoms with Crippen molar-refractivity contribution in [2.45, 2.75) is 38.9 Å². The average molecular weight is 340 g/mol. The van der Waals surface area contributed by atoms with E-state index in [0.717, 1.165) is 29.3 Å². The van der Waals surface area contributed by atoms with Crippen LogP contribution in [0.25, 0.3) is 11.3 Å². The second kappa shape index (κ2) is 8.06. The average Bonchev–Trinajstić information content (AvgIpc) is 2.63. The summed E-state index contributed by atoms with van der Waals surface area (Å²) in [6, 6.07) is 20.6. The van der Waals surface area contributed by atoms with Crippen LogP contribution in [0.1, 0.15) is 31.9 Å². The summed E-state index contributed by atoms with van der Waals surface area (Å²) in [6.45, 7) is 6.69. The van der Waals surface area contributed by atoms with Gasteiger partial charge >= 0.3 is 0 Å². The third-order valence-corrected chi connectivity index (χ3v) is 10.7. The number of hydrogen-bond donors (Lipinski definition) is 0. The van der Waals surface area contributed by atoms with Gasteiger partial charge in [-0.1, -0.05) is 87.4 Å². The molecule has 2 rings (SSSR count). The van der Waals surface area contributed by atoms with Gasteiger partial charge in [0, 0.05) is 6.07 Å². The van der Waals surface area contributed by atoms with E-state index in [-0.39, 0.29) is 10.6 Å². The van der Waals surface area contributed by atoms with Crippen LogP contribution in [-0.4, -0.2) is 13.0 Å². The molecule has 0 aliphatic heterocycles. The summed E-state index contributed by atoms with van der Waals surface area (Å²) in [5.41, 5.74) is 2.12. The Bertz CT molecular complexity index is 713. The molecule has 0 aliphatic rings. The molecular formula is C20H25NO2Si. The number of nitro groups is 1. The first kappa shape index (κ1) is 18.1. The van der Waals surface area contributed by atoms with Gasteiger partial charge in [-0.15, -0.1) is 0 Å². The zero-order chi connectivity index (χ0) is 17.6. The summed E-state index contributed by atoms with van der Waals surface area (Å²) >= 11 is 0. The lowest BCUT2D eigenvalue weighted by Gasteiger charge is -2.31. The molecule has 126 valence electrons. The van der Waals surface area contributed by atoms with Crippen molar-refractivity contribution in [3.05, 3.63) is 75.8 Å². The zero-order valence-corrected chi connectivity index (χ0v) is 15.7. The molecule has 0 saturated heterocycles. The monoisotopic (exact) mass is 339 g/mol. The van der Waals surface area contributed by atoms with Gasteiger partial charge < -0.3 is 0 Å². The van der Waals surface area contributed by atoms with Gasteiger partial charge in [0.15, 0.2) is 0 Å². The van der Waals surface area contributed by atoms with E-state index >= 15 is 0 Å². The van der Waals surface area contributed by atoms with Gasteiger partial charge in [-0.05, 0) is 16.8 Å². The molecule has 2 aromatic carbocycles. The lowest BCUT2D eigenvalue weighted by Crippen LogP contribution is -2.33. The highest BCUT2D eigenvalue weighted by Crippen LogP contribution is 2.40. The first-order valence-corrected chi connectivity index (χ1v) is 11.2. The molecule has 0 atom stereocenters. The second-order valence-corrected chi connectivity index (χ2v) is 11.3. The maximum Gasteiger partial charge on any atom is 0.276 e. The predicted molar refractivity (Wildman–Crippen MR) is 105 cm³/mol. The van der Waals surface area contributed by atoms with Crippen LogP contribution in [0.3, 0.4) is 0 Å². The summed E-state index contributed by atoms with van der Waals surface area (Å²) in [5.74, 6) is 0. The summed E-state index contributed by atoms with van der Waals surface area (Å²) in [7, 11) is -1.79. The molecule has 3 nitrogen and oxygen atoms in total. The fraction of sp³-hybridized carbons (Fsp3) is 0.300. The maximum atomic E-state index is 11.6. The molecule has 0 saturated carbocycles. The number of rotatable bonds is 7. The normalized spacial score (nSPS) is 12.2. The van der Waals surface area contributed by atoms with Crippen molar-refractivity contribution in [2.24, 2.45) is 0 Å². The Morgan fingerprint density at radius 2 is 1.50 bits per heavy atom. The molecule has 0 radical (unpaired) electrons. The minimum atomic E-state index is -1.79. The quantitative estimate of drug-likeness (QED) is 0.261. The van der Waals surface area contributed by atoms with Crippen LogP contribution in [0.5, 0.6) is 0 Å². The van der Waals surface area contributed by atoms with Crippen molar-refractivity contribution < 1.29 is 4.92 Å². The second-order valence-electron chi connectivity index (χ2n) is 6.08. The van der Waals surface area contributed by atoms with Gasteiger partial charge in [0.25, 0.3) is 5.69 Å². The van der Waals surface area contributed by atoms with Crippen LogP contribution in [0.2, 0.25) is 18.1 Å². The largest absolute Gasteiger partial charge is 0.276 e. The minimum absolute atomic E-state index is 0.215. The lowest BCUT2D eigenvalue weighted by atomic mass is 10.1. The van der Waals surface area contributed by atoms with E-state index in [4.69, 9.17) is 0 Å². The SMILES string of the molecule is CC[Si](CC)(CC)/C(=C\c1ccccc1)c1ccccc1[N+](=O)[O-]. The van der Waals surface area contributed by atoms with Gasteiger partial charge in [0.2, 0.25) is 0 Å². The molecule has 0 fully saturated rings. The van der Waals surface area contributed by atoms with Crippen molar-refractivity contribution in [2.75, 3.05) is 0 Å². The van der Waals surface area contributed by atoms with Crippen LogP contribution < -0.4 is 0 Å². The molecule has 2 aromatic rings. The molecule has 0 aromatic heterocycles. The van der Waals surface area contributed by atoms with Crippen molar-refractivity contribution in [3.63, 3.8) is 0 Å². The lowest BCUT2D eigenvalue weighted by molar-refractivity contribution is -0.385. The Balaban J connectivity index is 2.73. The number of para-hydroxylation sites is 1. The highest BCUT2D eigenvalue weighted by Gasteiger charge is 2.35. The molecule has 0 heterocycles. The Kier molecular flexibility index (Phi) is 6.09. The zero-order valence-electron chi connectivity index (χ0n) is 14.7. The van der Waals surface area contributed by atoms with E-state index in [1.54, 1.807) is 12.1 Å². The smallest absolute Gasteiger partial charge is 0.258 e. The molecule has 24 heavy (non-hydrogen) atoms. The fourth-order valence-corrected chi connectivity index (χ4v) is 7.31. The van der Waals surface area contributed by atoms with E-state index in [9.17, 15) is 10.1 Å². The summed E-state index contributed by atoms with van der Waals surface area (Å²) < 4.78 is 0. The number of nitro benzene ring substituents is 1. The Morgan fingerprint density at radius 1 is 0.958 bits per heavy atom. The van der Waals surface area contributed by atoms with Crippen LogP contribution in [0, 0.1) is 10.1 Å².